The van der Waals surface area contributed by atoms with Crippen molar-refractivity contribution in [2.24, 2.45) is 0 Å². The lowest BCUT2D eigenvalue weighted by Gasteiger charge is -2.37. The number of carbonyl (C=O) groups excluding carboxylic acids is 1. The first-order chi connectivity index (χ1) is 10.2. The fourth-order valence-electron chi connectivity index (χ4n) is 3.14. The van der Waals surface area contributed by atoms with Crippen molar-refractivity contribution < 1.29 is 4.79 Å². The van der Waals surface area contributed by atoms with Crippen molar-refractivity contribution in [3.63, 3.8) is 0 Å². The van der Waals surface area contributed by atoms with E-state index in [9.17, 15) is 10.1 Å². The topological polar surface area (TPSA) is 57.0 Å². The molecule has 0 amide bonds. The predicted octanol–water partition coefficient (Wildman–Crippen LogP) is 3.05. The van der Waals surface area contributed by atoms with E-state index in [0.717, 1.165) is 42.4 Å². The van der Waals surface area contributed by atoms with Gasteiger partial charge in [0, 0.05) is 18.1 Å². The molecule has 4 heteroatoms. The van der Waals surface area contributed by atoms with Crippen molar-refractivity contribution in [3.8, 4) is 6.07 Å². The molecular formula is C17H17N3O. The summed E-state index contributed by atoms with van der Waals surface area (Å²) in [6.45, 7) is 2.45. The molecule has 1 aliphatic rings. The first kappa shape index (κ1) is 13.6. The predicted molar refractivity (Wildman–Crippen MR) is 82.1 cm³/mol. The highest BCUT2D eigenvalue weighted by molar-refractivity contribution is 5.97. The van der Waals surface area contributed by atoms with Crippen molar-refractivity contribution in [2.75, 3.05) is 11.4 Å². The van der Waals surface area contributed by atoms with Crippen LogP contribution in [-0.4, -0.2) is 23.4 Å². The number of piperidine rings is 1. The van der Waals surface area contributed by atoms with Gasteiger partial charge in [-0.3, -0.25) is 9.78 Å². The summed E-state index contributed by atoms with van der Waals surface area (Å²) in [5, 5.41) is 10.4. The average Bonchev–Trinajstić information content (AvgIpc) is 2.53. The monoisotopic (exact) mass is 279 g/mol. The Bertz CT molecular complexity index is 732. The number of Topliss-reactive ketones (excluding diaryl/α,β-unsaturated/α-hetero) is 1. The van der Waals surface area contributed by atoms with Gasteiger partial charge in [0.1, 0.15) is 6.07 Å². The van der Waals surface area contributed by atoms with Crippen molar-refractivity contribution in [3.05, 3.63) is 36.0 Å². The van der Waals surface area contributed by atoms with E-state index in [1.54, 1.807) is 13.1 Å². The van der Waals surface area contributed by atoms with E-state index in [1.807, 2.05) is 24.3 Å². The standard InChI is InChI=1S/C17H17N3O/c1-12(21)16-8-4-5-9-20(16)17-13(10-18)11-19-15-7-3-2-6-14(15)17/h2-3,6-7,11,16H,4-5,8-9H2,1H3. The van der Waals surface area contributed by atoms with Gasteiger partial charge in [0.2, 0.25) is 0 Å². The van der Waals surface area contributed by atoms with Crippen molar-refractivity contribution in [2.45, 2.75) is 32.2 Å². The fourth-order valence-corrected chi connectivity index (χ4v) is 3.14. The number of fused-ring (bicyclic) bond motifs is 1. The number of para-hydroxylation sites is 1. The van der Waals surface area contributed by atoms with Gasteiger partial charge in [0.25, 0.3) is 0 Å². The first-order valence-corrected chi connectivity index (χ1v) is 7.27. The second-order valence-corrected chi connectivity index (χ2v) is 5.47. The van der Waals surface area contributed by atoms with Crippen LogP contribution in [0.2, 0.25) is 0 Å². The molecule has 21 heavy (non-hydrogen) atoms. The quantitative estimate of drug-likeness (QED) is 0.847. The number of anilines is 1. The normalized spacial score (nSPS) is 18.5. The molecule has 1 aliphatic heterocycles. The van der Waals surface area contributed by atoms with Crippen molar-refractivity contribution in [1.82, 2.24) is 4.98 Å². The number of nitriles is 1. The number of pyridine rings is 1. The molecular weight excluding hydrogens is 262 g/mol. The van der Waals surface area contributed by atoms with Crippen molar-refractivity contribution >= 4 is 22.4 Å². The van der Waals surface area contributed by atoms with Gasteiger partial charge in [-0.25, -0.2) is 0 Å². The number of hydrogen-bond acceptors (Lipinski definition) is 4. The highest BCUT2D eigenvalue weighted by Gasteiger charge is 2.29. The van der Waals surface area contributed by atoms with Gasteiger partial charge in [0.05, 0.1) is 22.8 Å². The first-order valence-electron chi connectivity index (χ1n) is 7.27. The van der Waals surface area contributed by atoms with Crippen LogP contribution in [0, 0.1) is 11.3 Å². The third kappa shape index (κ3) is 2.36. The van der Waals surface area contributed by atoms with Gasteiger partial charge >= 0.3 is 0 Å². The summed E-state index contributed by atoms with van der Waals surface area (Å²) in [5.41, 5.74) is 2.27. The Labute approximate surface area is 124 Å². The maximum absolute atomic E-state index is 12.0. The van der Waals surface area contributed by atoms with Crippen LogP contribution in [0.3, 0.4) is 0 Å². The number of carbonyl (C=O) groups is 1. The van der Waals surface area contributed by atoms with E-state index < -0.39 is 0 Å². The Kier molecular flexibility index (Phi) is 3.57. The molecule has 1 fully saturated rings. The number of aromatic nitrogens is 1. The van der Waals surface area contributed by atoms with E-state index in [4.69, 9.17) is 0 Å². The fraction of sp³-hybridized carbons (Fsp3) is 0.353. The number of ketones is 1. The molecule has 0 N–H and O–H groups in total. The minimum Gasteiger partial charge on any atom is -0.360 e. The lowest BCUT2D eigenvalue weighted by atomic mass is 9.96. The highest BCUT2D eigenvalue weighted by atomic mass is 16.1. The molecule has 4 nitrogen and oxygen atoms in total. The molecule has 1 saturated heterocycles. The van der Waals surface area contributed by atoms with Crippen LogP contribution in [0.15, 0.2) is 30.5 Å². The third-order valence-corrected chi connectivity index (χ3v) is 4.13. The molecule has 0 bridgehead atoms. The maximum atomic E-state index is 12.0. The molecule has 106 valence electrons. The Hall–Kier alpha value is -2.41. The molecule has 2 heterocycles. The van der Waals surface area contributed by atoms with Crippen LogP contribution in [0.1, 0.15) is 31.7 Å². The van der Waals surface area contributed by atoms with Gasteiger partial charge in [-0.15, -0.1) is 0 Å². The SMILES string of the molecule is CC(=O)C1CCCCN1c1c(C#N)cnc2ccccc12. The van der Waals surface area contributed by atoms with Gasteiger partial charge in [0.15, 0.2) is 5.78 Å². The van der Waals surface area contributed by atoms with Gasteiger partial charge in [-0.2, -0.15) is 5.26 Å². The zero-order valence-electron chi connectivity index (χ0n) is 12.0. The van der Waals surface area contributed by atoms with Crippen molar-refractivity contribution in [1.29, 1.82) is 5.26 Å². The smallest absolute Gasteiger partial charge is 0.152 e. The van der Waals surface area contributed by atoms with Crippen LogP contribution in [0.25, 0.3) is 10.9 Å². The molecule has 0 saturated carbocycles. The number of benzene rings is 1. The maximum Gasteiger partial charge on any atom is 0.152 e. The van der Waals surface area contributed by atoms with E-state index in [-0.39, 0.29) is 11.8 Å². The van der Waals surface area contributed by atoms with E-state index >= 15 is 0 Å². The number of hydrogen-bond donors (Lipinski definition) is 0. The molecule has 0 aliphatic carbocycles. The van der Waals surface area contributed by atoms with E-state index in [1.165, 1.54) is 0 Å². The molecule has 1 aromatic carbocycles. The van der Waals surface area contributed by atoms with Crippen LogP contribution >= 0.6 is 0 Å². The van der Waals surface area contributed by atoms with Gasteiger partial charge in [-0.1, -0.05) is 18.2 Å². The molecule has 1 aromatic heterocycles. The number of rotatable bonds is 2. The average molecular weight is 279 g/mol. The summed E-state index contributed by atoms with van der Waals surface area (Å²) in [6.07, 6.45) is 4.58. The second kappa shape index (κ2) is 5.53. The zero-order valence-corrected chi connectivity index (χ0v) is 12.0. The second-order valence-electron chi connectivity index (χ2n) is 5.47. The summed E-state index contributed by atoms with van der Waals surface area (Å²) in [4.78, 5) is 18.4. The summed E-state index contributed by atoms with van der Waals surface area (Å²) in [6, 6.07) is 9.89. The molecule has 3 rings (SSSR count). The van der Waals surface area contributed by atoms with E-state index in [2.05, 4.69) is 16.0 Å². The van der Waals surface area contributed by atoms with Crippen LogP contribution in [-0.2, 0) is 4.79 Å². The van der Waals surface area contributed by atoms with Crippen LogP contribution in [0.4, 0.5) is 5.69 Å². The summed E-state index contributed by atoms with van der Waals surface area (Å²) in [5.74, 6) is 0.166. The Morgan fingerprint density at radius 2 is 2.19 bits per heavy atom. The molecule has 0 radical (unpaired) electrons. The van der Waals surface area contributed by atoms with Crippen LogP contribution < -0.4 is 4.90 Å². The molecule has 1 unspecified atom stereocenters. The third-order valence-electron chi connectivity index (χ3n) is 4.13. The van der Waals surface area contributed by atoms with Crippen LogP contribution in [0.5, 0.6) is 0 Å². The Morgan fingerprint density at radius 1 is 1.38 bits per heavy atom. The lowest BCUT2D eigenvalue weighted by molar-refractivity contribution is -0.118. The summed E-state index contributed by atoms with van der Waals surface area (Å²) in [7, 11) is 0. The van der Waals surface area contributed by atoms with Gasteiger partial charge < -0.3 is 4.90 Å². The summed E-state index contributed by atoms with van der Waals surface area (Å²) < 4.78 is 0. The molecule has 2 aromatic rings. The molecule has 1 atom stereocenters. The van der Waals surface area contributed by atoms with E-state index in [0.29, 0.717) is 5.56 Å². The summed E-state index contributed by atoms with van der Waals surface area (Å²) >= 11 is 0. The minimum atomic E-state index is -0.128. The highest BCUT2D eigenvalue weighted by Crippen LogP contribution is 2.33. The Morgan fingerprint density at radius 3 is 2.95 bits per heavy atom. The minimum absolute atomic E-state index is 0.128. The van der Waals surface area contributed by atoms with Gasteiger partial charge in [-0.05, 0) is 32.3 Å². The largest absolute Gasteiger partial charge is 0.360 e. The zero-order chi connectivity index (χ0) is 14.8. The number of nitrogens with zero attached hydrogens (tertiary/aromatic N) is 3. The Balaban J connectivity index is 2.22. The molecule has 0 spiro atoms. The lowest BCUT2D eigenvalue weighted by Crippen LogP contribution is -2.44.